The Bertz CT molecular complexity index is 876. The van der Waals surface area contributed by atoms with Crippen molar-refractivity contribution in [3.63, 3.8) is 0 Å². The highest BCUT2D eigenvalue weighted by atomic mass is 16.6. The quantitative estimate of drug-likeness (QED) is 0.375. The van der Waals surface area contributed by atoms with Crippen LogP contribution in [0.25, 0.3) is 6.08 Å². The van der Waals surface area contributed by atoms with Crippen LogP contribution in [0, 0.1) is 24.0 Å². The zero-order chi connectivity index (χ0) is 16.6. The fraction of sp³-hybridized carbons (Fsp3) is 0.125. The molecular formula is C16H12N2O5. The van der Waals surface area contributed by atoms with Crippen molar-refractivity contribution in [2.45, 2.75) is 13.8 Å². The second-order valence-corrected chi connectivity index (χ2v) is 4.99. The molecule has 0 N–H and O–H groups in total. The molecule has 0 saturated carbocycles. The number of aryl methyl sites for hydroxylation is 1. The first-order chi connectivity index (χ1) is 11.0. The van der Waals surface area contributed by atoms with Crippen LogP contribution in [-0.4, -0.2) is 16.8 Å². The highest BCUT2D eigenvalue weighted by Gasteiger charge is 2.27. The van der Waals surface area contributed by atoms with Gasteiger partial charge in [0, 0.05) is 23.3 Å². The first-order valence-corrected chi connectivity index (χ1v) is 6.79. The zero-order valence-electron chi connectivity index (χ0n) is 12.4. The van der Waals surface area contributed by atoms with Crippen LogP contribution in [0.3, 0.4) is 0 Å². The lowest BCUT2D eigenvalue weighted by atomic mass is 10.1. The number of nitro groups is 1. The molecule has 7 nitrogen and oxygen atoms in total. The molecule has 0 atom stereocenters. The van der Waals surface area contributed by atoms with Gasteiger partial charge in [0.15, 0.2) is 5.70 Å². The summed E-state index contributed by atoms with van der Waals surface area (Å²) in [5, 5.41) is 11.0. The molecule has 1 aliphatic heterocycles. The van der Waals surface area contributed by atoms with Crippen LogP contribution in [0.2, 0.25) is 0 Å². The van der Waals surface area contributed by atoms with E-state index in [0.717, 1.165) is 0 Å². The number of rotatable bonds is 3. The third-order valence-electron chi connectivity index (χ3n) is 3.39. The molecule has 0 radical (unpaired) electrons. The van der Waals surface area contributed by atoms with Gasteiger partial charge < -0.3 is 9.15 Å². The van der Waals surface area contributed by atoms with Crippen LogP contribution >= 0.6 is 0 Å². The Hall–Kier alpha value is -3.22. The van der Waals surface area contributed by atoms with Gasteiger partial charge >= 0.3 is 5.97 Å². The Morgan fingerprint density at radius 2 is 2.00 bits per heavy atom. The van der Waals surface area contributed by atoms with Crippen molar-refractivity contribution >= 4 is 23.6 Å². The summed E-state index contributed by atoms with van der Waals surface area (Å²) in [5.41, 5.74) is 0.825. The van der Waals surface area contributed by atoms with Gasteiger partial charge in [-0.1, -0.05) is 6.07 Å². The molecule has 0 fully saturated rings. The van der Waals surface area contributed by atoms with Crippen molar-refractivity contribution in [3.05, 3.63) is 68.8 Å². The number of hydrogen-bond donors (Lipinski definition) is 0. The summed E-state index contributed by atoms with van der Waals surface area (Å²) in [5.74, 6) is 0.614. The van der Waals surface area contributed by atoms with Gasteiger partial charge in [-0.15, -0.1) is 0 Å². The van der Waals surface area contributed by atoms with Gasteiger partial charge in [-0.2, -0.15) is 0 Å². The van der Waals surface area contributed by atoms with Crippen molar-refractivity contribution in [1.29, 1.82) is 0 Å². The van der Waals surface area contributed by atoms with E-state index in [0.29, 0.717) is 22.6 Å². The second kappa shape index (κ2) is 5.53. The summed E-state index contributed by atoms with van der Waals surface area (Å²) in [7, 11) is 0. The molecule has 116 valence electrons. The van der Waals surface area contributed by atoms with Gasteiger partial charge in [0.2, 0.25) is 5.90 Å². The summed E-state index contributed by atoms with van der Waals surface area (Å²) in [6.07, 6.45) is 1.47. The number of benzene rings is 1. The summed E-state index contributed by atoms with van der Waals surface area (Å²) >= 11 is 0. The molecule has 0 saturated heterocycles. The highest BCUT2D eigenvalue weighted by molar-refractivity contribution is 6.13. The maximum atomic E-state index is 11.9. The fourth-order valence-corrected chi connectivity index (χ4v) is 2.24. The van der Waals surface area contributed by atoms with Crippen LogP contribution in [-0.2, 0) is 9.53 Å². The highest BCUT2D eigenvalue weighted by Crippen LogP contribution is 2.26. The van der Waals surface area contributed by atoms with Crippen LogP contribution in [0.1, 0.15) is 22.6 Å². The van der Waals surface area contributed by atoms with Crippen molar-refractivity contribution in [1.82, 2.24) is 0 Å². The summed E-state index contributed by atoms with van der Waals surface area (Å²) in [6, 6.07) is 8.01. The maximum Gasteiger partial charge on any atom is 0.363 e. The second-order valence-electron chi connectivity index (χ2n) is 4.99. The topological polar surface area (TPSA) is 94.9 Å². The number of carbonyl (C=O) groups excluding carboxylic acids is 1. The van der Waals surface area contributed by atoms with Gasteiger partial charge in [0.25, 0.3) is 5.69 Å². The Morgan fingerprint density at radius 3 is 2.65 bits per heavy atom. The van der Waals surface area contributed by atoms with Crippen LogP contribution < -0.4 is 0 Å². The van der Waals surface area contributed by atoms with E-state index in [-0.39, 0.29) is 17.3 Å². The van der Waals surface area contributed by atoms with E-state index in [2.05, 4.69) is 4.99 Å². The molecule has 23 heavy (non-hydrogen) atoms. The predicted octanol–water partition coefficient (Wildman–Crippen LogP) is 3.15. The lowest BCUT2D eigenvalue weighted by molar-refractivity contribution is -0.385. The van der Waals surface area contributed by atoms with Gasteiger partial charge in [-0.25, -0.2) is 9.79 Å². The van der Waals surface area contributed by atoms with E-state index >= 15 is 0 Å². The molecule has 1 aliphatic rings. The van der Waals surface area contributed by atoms with Crippen molar-refractivity contribution in [2.24, 2.45) is 4.99 Å². The minimum absolute atomic E-state index is 0.0470. The SMILES string of the molecule is Cc1ccc(C=C2N=C(c3cccc([N+](=O)[O-])c3C)OC2=O)o1. The Labute approximate surface area is 131 Å². The molecular weight excluding hydrogens is 300 g/mol. The predicted molar refractivity (Wildman–Crippen MR) is 81.9 cm³/mol. The van der Waals surface area contributed by atoms with Crippen LogP contribution in [0.15, 0.2) is 45.4 Å². The first-order valence-electron chi connectivity index (χ1n) is 6.79. The van der Waals surface area contributed by atoms with Gasteiger partial charge in [-0.05, 0) is 32.0 Å². The number of ether oxygens (including phenoxy) is 1. The summed E-state index contributed by atoms with van der Waals surface area (Å²) in [4.78, 5) is 26.6. The Morgan fingerprint density at radius 1 is 1.22 bits per heavy atom. The molecule has 3 rings (SSSR count). The lowest BCUT2D eigenvalue weighted by Crippen LogP contribution is -2.08. The molecule has 0 bridgehead atoms. The monoisotopic (exact) mass is 312 g/mol. The summed E-state index contributed by atoms with van der Waals surface area (Å²) < 4.78 is 10.5. The molecule has 0 unspecified atom stereocenters. The van der Waals surface area contributed by atoms with Gasteiger partial charge in [0.05, 0.1) is 4.92 Å². The molecule has 7 heteroatoms. The van der Waals surface area contributed by atoms with Crippen molar-refractivity contribution in [3.8, 4) is 0 Å². The summed E-state index contributed by atoms with van der Waals surface area (Å²) in [6.45, 7) is 3.37. The molecule has 0 aliphatic carbocycles. The fourth-order valence-electron chi connectivity index (χ4n) is 2.24. The van der Waals surface area contributed by atoms with Crippen LogP contribution in [0.5, 0.6) is 0 Å². The largest absolute Gasteiger partial charge is 0.462 e. The zero-order valence-corrected chi connectivity index (χ0v) is 12.4. The minimum Gasteiger partial charge on any atom is -0.462 e. The van der Waals surface area contributed by atoms with E-state index in [1.165, 1.54) is 18.2 Å². The standard InChI is InChI=1S/C16H12N2O5/c1-9-6-7-11(22-9)8-13-16(19)23-15(17-13)12-4-3-5-14(10(12)2)18(20)21/h3-8H,1-2H3. The Kier molecular flexibility index (Phi) is 3.53. The number of carbonyl (C=O) groups is 1. The number of cyclic esters (lactones) is 1. The first kappa shape index (κ1) is 14.7. The molecule has 2 aromatic rings. The van der Waals surface area contributed by atoms with E-state index in [1.807, 2.05) is 0 Å². The molecule has 0 amide bonds. The number of nitro benzene ring substituents is 1. The normalized spacial score (nSPS) is 15.7. The lowest BCUT2D eigenvalue weighted by Gasteiger charge is -2.04. The van der Waals surface area contributed by atoms with Crippen LogP contribution in [0.4, 0.5) is 5.69 Å². The van der Waals surface area contributed by atoms with Crippen molar-refractivity contribution < 1.29 is 18.9 Å². The average Bonchev–Trinajstić information content (AvgIpc) is 3.06. The van der Waals surface area contributed by atoms with E-state index < -0.39 is 10.9 Å². The average molecular weight is 312 g/mol. The van der Waals surface area contributed by atoms with Gasteiger partial charge in [-0.3, -0.25) is 10.1 Å². The van der Waals surface area contributed by atoms with E-state index in [1.54, 1.807) is 32.0 Å². The number of hydrogen-bond acceptors (Lipinski definition) is 6. The third-order valence-corrected chi connectivity index (χ3v) is 3.39. The number of nitrogens with zero attached hydrogens (tertiary/aromatic N) is 2. The van der Waals surface area contributed by atoms with Gasteiger partial charge in [0.1, 0.15) is 11.5 Å². The Balaban J connectivity index is 2.01. The number of aliphatic imine (C=N–C) groups is 1. The third kappa shape index (κ3) is 2.76. The molecule has 2 heterocycles. The smallest absolute Gasteiger partial charge is 0.363 e. The minimum atomic E-state index is -0.625. The van der Waals surface area contributed by atoms with E-state index in [4.69, 9.17) is 9.15 Å². The van der Waals surface area contributed by atoms with E-state index in [9.17, 15) is 14.9 Å². The molecule has 0 spiro atoms. The maximum absolute atomic E-state index is 11.9. The molecule has 1 aromatic carbocycles. The number of esters is 1. The number of furan rings is 1. The molecule has 1 aromatic heterocycles. The van der Waals surface area contributed by atoms with Crippen molar-refractivity contribution in [2.75, 3.05) is 0 Å².